The highest BCUT2D eigenvalue weighted by atomic mass is 35.5. The number of hydrogen-bond acceptors (Lipinski definition) is 3. The van der Waals surface area contributed by atoms with Crippen LogP contribution in [0.4, 0.5) is 5.69 Å². The molecule has 1 aliphatic rings. The number of nitrogens with zero attached hydrogens (tertiary/aromatic N) is 1. The minimum absolute atomic E-state index is 0. The SMILES string of the molecule is CC1(C)CN(CC(=O)Nc2c(Cl)cccc2Cl)CCC1N.Cl. The molecule has 0 radical (unpaired) electrons. The zero-order chi connectivity index (χ0) is 15.6. The molecule has 22 heavy (non-hydrogen) atoms. The molecule has 3 N–H and O–H groups in total. The van der Waals surface area contributed by atoms with Crippen LogP contribution in [0.3, 0.4) is 0 Å². The lowest BCUT2D eigenvalue weighted by atomic mass is 9.80. The van der Waals surface area contributed by atoms with Gasteiger partial charge in [0.2, 0.25) is 5.91 Å². The second kappa shape index (κ2) is 7.84. The summed E-state index contributed by atoms with van der Waals surface area (Å²) in [6.07, 6.45) is 0.896. The summed E-state index contributed by atoms with van der Waals surface area (Å²) in [5.41, 5.74) is 6.59. The summed E-state index contributed by atoms with van der Waals surface area (Å²) in [7, 11) is 0. The highest BCUT2D eigenvalue weighted by molar-refractivity contribution is 6.39. The summed E-state index contributed by atoms with van der Waals surface area (Å²) < 4.78 is 0. The van der Waals surface area contributed by atoms with E-state index in [0.29, 0.717) is 22.3 Å². The first-order valence-electron chi connectivity index (χ1n) is 7.01. The van der Waals surface area contributed by atoms with Gasteiger partial charge in [-0.25, -0.2) is 0 Å². The molecule has 1 fully saturated rings. The topological polar surface area (TPSA) is 58.4 Å². The number of nitrogens with one attached hydrogen (secondary N) is 1. The Balaban J connectivity index is 0.00000242. The van der Waals surface area contributed by atoms with Crippen molar-refractivity contribution in [2.24, 2.45) is 11.1 Å². The Morgan fingerprint density at radius 2 is 2.00 bits per heavy atom. The van der Waals surface area contributed by atoms with Gasteiger partial charge in [-0.05, 0) is 24.0 Å². The zero-order valence-corrected chi connectivity index (χ0v) is 15.1. The number of piperidine rings is 1. The average molecular weight is 367 g/mol. The fourth-order valence-corrected chi connectivity index (χ4v) is 3.11. The number of benzene rings is 1. The van der Waals surface area contributed by atoms with Gasteiger partial charge >= 0.3 is 0 Å². The molecule has 7 heteroatoms. The van der Waals surface area contributed by atoms with Crippen LogP contribution < -0.4 is 11.1 Å². The molecule has 1 heterocycles. The largest absolute Gasteiger partial charge is 0.327 e. The predicted octanol–water partition coefficient (Wildman–Crippen LogP) is 3.41. The van der Waals surface area contributed by atoms with Crippen LogP contribution >= 0.6 is 35.6 Å². The lowest BCUT2D eigenvalue weighted by Crippen LogP contribution is -2.53. The molecular formula is C15H22Cl3N3O. The fourth-order valence-electron chi connectivity index (χ4n) is 2.62. The van der Waals surface area contributed by atoms with Gasteiger partial charge in [0.1, 0.15) is 0 Å². The molecule has 0 bridgehead atoms. The quantitative estimate of drug-likeness (QED) is 0.862. The normalized spacial score (nSPS) is 21.0. The maximum absolute atomic E-state index is 12.2. The Labute approximate surface area is 147 Å². The van der Waals surface area contributed by atoms with E-state index in [0.717, 1.165) is 19.5 Å². The van der Waals surface area contributed by atoms with Gasteiger partial charge in [0.25, 0.3) is 0 Å². The van der Waals surface area contributed by atoms with Crippen LogP contribution in [0, 0.1) is 5.41 Å². The van der Waals surface area contributed by atoms with Crippen LogP contribution in [0.25, 0.3) is 0 Å². The van der Waals surface area contributed by atoms with Gasteiger partial charge in [-0.1, -0.05) is 43.1 Å². The second-order valence-corrected chi connectivity index (χ2v) is 7.05. The summed E-state index contributed by atoms with van der Waals surface area (Å²) >= 11 is 12.1. The van der Waals surface area contributed by atoms with Crippen molar-refractivity contribution in [3.8, 4) is 0 Å². The van der Waals surface area contributed by atoms with Crippen molar-refractivity contribution in [1.29, 1.82) is 0 Å². The Hall–Kier alpha value is -0.520. The van der Waals surface area contributed by atoms with Crippen molar-refractivity contribution < 1.29 is 4.79 Å². The molecular weight excluding hydrogens is 345 g/mol. The minimum atomic E-state index is -0.115. The van der Waals surface area contributed by atoms with Crippen LogP contribution in [0.1, 0.15) is 20.3 Å². The van der Waals surface area contributed by atoms with Crippen molar-refractivity contribution in [3.63, 3.8) is 0 Å². The van der Waals surface area contributed by atoms with E-state index >= 15 is 0 Å². The molecule has 0 aliphatic carbocycles. The van der Waals surface area contributed by atoms with Gasteiger partial charge in [-0.3, -0.25) is 9.69 Å². The van der Waals surface area contributed by atoms with E-state index in [1.165, 1.54) is 0 Å². The molecule has 1 atom stereocenters. The van der Waals surface area contributed by atoms with E-state index in [-0.39, 0.29) is 29.8 Å². The number of carbonyl (C=O) groups excluding carboxylic acids is 1. The average Bonchev–Trinajstić information content (AvgIpc) is 2.38. The second-order valence-electron chi connectivity index (χ2n) is 6.24. The van der Waals surface area contributed by atoms with Crippen LogP contribution in [-0.4, -0.2) is 36.5 Å². The van der Waals surface area contributed by atoms with Crippen LogP contribution in [0.2, 0.25) is 10.0 Å². The first-order valence-corrected chi connectivity index (χ1v) is 7.77. The summed E-state index contributed by atoms with van der Waals surface area (Å²) in [5.74, 6) is -0.115. The molecule has 1 aromatic rings. The predicted molar refractivity (Wildman–Crippen MR) is 95.2 cm³/mol. The molecule has 4 nitrogen and oxygen atoms in total. The Morgan fingerprint density at radius 1 is 1.41 bits per heavy atom. The molecule has 1 amide bonds. The van der Waals surface area contributed by atoms with Crippen molar-refractivity contribution in [3.05, 3.63) is 28.2 Å². The van der Waals surface area contributed by atoms with E-state index in [9.17, 15) is 4.79 Å². The van der Waals surface area contributed by atoms with Gasteiger partial charge in [0.15, 0.2) is 0 Å². The fraction of sp³-hybridized carbons (Fsp3) is 0.533. The highest BCUT2D eigenvalue weighted by Crippen LogP contribution is 2.30. The first kappa shape index (κ1) is 19.5. The van der Waals surface area contributed by atoms with Crippen LogP contribution in [-0.2, 0) is 4.79 Å². The first-order chi connectivity index (χ1) is 9.79. The Bertz CT molecular complexity index is 517. The smallest absolute Gasteiger partial charge is 0.238 e. The third-order valence-corrected chi connectivity index (χ3v) is 4.62. The minimum Gasteiger partial charge on any atom is -0.327 e. The van der Waals surface area contributed by atoms with Gasteiger partial charge < -0.3 is 11.1 Å². The van der Waals surface area contributed by atoms with E-state index in [1.54, 1.807) is 18.2 Å². The van der Waals surface area contributed by atoms with Crippen molar-refractivity contribution in [2.45, 2.75) is 26.3 Å². The molecule has 0 spiro atoms. The standard InChI is InChI=1S/C15H21Cl2N3O.ClH/c1-15(2)9-20(7-6-12(15)18)8-13(21)19-14-10(16)4-3-5-11(14)17;/h3-5,12H,6-9,18H2,1-2H3,(H,19,21);1H. The zero-order valence-electron chi connectivity index (χ0n) is 12.7. The molecule has 0 saturated carbocycles. The van der Waals surface area contributed by atoms with Crippen LogP contribution in [0.15, 0.2) is 18.2 Å². The number of halogens is 3. The van der Waals surface area contributed by atoms with Crippen LogP contribution in [0.5, 0.6) is 0 Å². The van der Waals surface area contributed by atoms with E-state index < -0.39 is 0 Å². The number of anilines is 1. The van der Waals surface area contributed by atoms with Gasteiger partial charge in [0, 0.05) is 19.1 Å². The number of amides is 1. The van der Waals surface area contributed by atoms with Gasteiger partial charge in [-0.15, -0.1) is 12.4 Å². The lowest BCUT2D eigenvalue weighted by Gasteiger charge is -2.42. The third kappa shape index (κ3) is 4.74. The molecule has 0 aromatic heterocycles. The maximum atomic E-state index is 12.2. The van der Waals surface area contributed by atoms with Crippen molar-refractivity contribution >= 4 is 47.2 Å². The molecule has 1 aromatic carbocycles. The molecule has 1 aliphatic heterocycles. The molecule has 2 rings (SSSR count). The summed E-state index contributed by atoms with van der Waals surface area (Å²) in [5, 5.41) is 3.67. The highest BCUT2D eigenvalue weighted by Gasteiger charge is 2.33. The number of carbonyl (C=O) groups is 1. The summed E-state index contributed by atoms with van der Waals surface area (Å²) in [6.45, 7) is 6.21. The molecule has 124 valence electrons. The number of hydrogen-bond donors (Lipinski definition) is 2. The van der Waals surface area contributed by atoms with E-state index in [4.69, 9.17) is 28.9 Å². The van der Waals surface area contributed by atoms with Gasteiger partial charge in [0.05, 0.1) is 22.3 Å². The Morgan fingerprint density at radius 3 is 2.55 bits per heavy atom. The summed E-state index contributed by atoms with van der Waals surface area (Å²) in [4.78, 5) is 14.3. The number of para-hydroxylation sites is 1. The summed E-state index contributed by atoms with van der Waals surface area (Å²) in [6, 6.07) is 5.32. The third-order valence-electron chi connectivity index (χ3n) is 3.99. The molecule has 1 saturated heterocycles. The number of likely N-dealkylation sites (tertiary alicyclic amines) is 1. The Kier molecular flexibility index (Phi) is 6.96. The van der Waals surface area contributed by atoms with E-state index in [1.807, 2.05) is 0 Å². The monoisotopic (exact) mass is 365 g/mol. The van der Waals surface area contributed by atoms with Crippen molar-refractivity contribution in [2.75, 3.05) is 25.0 Å². The van der Waals surface area contributed by atoms with Crippen molar-refractivity contribution in [1.82, 2.24) is 4.90 Å². The molecule has 1 unspecified atom stereocenters. The number of nitrogens with two attached hydrogens (primary N) is 1. The van der Waals surface area contributed by atoms with E-state index in [2.05, 4.69) is 24.1 Å². The van der Waals surface area contributed by atoms with Gasteiger partial charge in [-0.2, -0.15) is 0 Å². The lowest BCUT2D eigenvalue weighted by molar-refractivity contribution is -0.118. The maximum Gasteiger partial charge on any atom is 0.238 e. The number of rotatable bonds is 3.